The van der Waals surface area contributed by atoms with Gasteiger partial charge in [0.15, 0.2) is 5.78 Å². The van der Waals surface area contributed by atoms with E-state index in [4.69, 9.17) is 10.00 Å². The van der Waals surface area contributed by atoms with E-state index in [2.05, 4.69) is 6.07 Å². The Kier molecular flexibility index (Phi) is 6.70. The predicted octanol–water partition coefficient (Wildman–Crippen LogP) is 2.63. The van der Waals surface area contributed by atoms with E-state index < -0.39 is 6.10 Å². The van der Waals surface area contributed by atoms with Crippen LogP contribution in [0.2, 0.25) is 0 Å². The molecule has 0 aliphatic rings. The third-order valence-electron chi connectivity index (χ3n) is 3.74. The molecule has 5 nitrogen and oxygen atoms in total. The van der Waals surface area contributed by atoms with Gasteiger partial charge in [-0.05, 0) is 43.8 Å². The van der Waals surface area contributed by atoms with Crippen molar-refractivity contribution in [2.45, 2.75) is 19.6 Å². The van der Waals surface area contributed by atoms with Crippen LogP contribution in [0.1, 0.15) is 28.4 Å². The average molecular weight is 338 g/mol. The number of hydrogen-bond donors (Lipinski definition) is 1. The maximum Gasteiger partial charge on any atom is 0.159 e. The summed E-state index contributed by atoms with van der Waals surface area (Å²) in [5.41, 5.74) is 2.29. The van der Waals surface area contributed by atoms with E-state index in [9.17, 15) is 9.90 Å². The number of benzene rings is 2. The quantitative estimate of drug-likeness (QED) is 0.749. The zero-order valence-electron chi connectivity index (χ0n) is 14.5. The lowest BCUT2D eigenvalue weighted by atomic mass is 10.1. The van der Waals surface area contributed by atoms with Gasteiger partial charge in [0.25, 0.3) is 0 Å². The summed E-state index contributed by atoms with van der Waals surface area (Å²) in [7, 11) is 1.91. The second kappa shape index (κ2) is 8.97. The fourth-order valence-corrected chi connectivity index (χ4v) is 2.47. The van der Waals surface area contributed by atoms with Crippen molar-refractivity contribution in [1.82, 2.24) is 4.90 Å². The first-order valence-corrected chi connectivity index (χ1v) is 8.07. The topological polar surface area (TPSA) is 73.6 Å². The van der Waals surface area contributed by atoms with Gasteiger partial charge < -0.3 is 9.84 Å². The van der Waals surface area contributed by atoms with Crippen molar-refractivity contribution in [2.75, 3.05) is 20.2 Å². The molecule has 25 heavy (non-hydrogen) atoms. The van der Waals surface area contributed by atoms with E-state index in [0.29, 0.717) is 30.0 Å². The molecule has 1 N–H and O–H groups in total. The summed E-state index contributed by atoms with van der Waals surface area (Å²) in [6.07, 6.45) is -0.649. The molecular formula is C20H22N2O3. The van der Waals surface area contributed by atoms with Crippen LogP contribution in [0.15, 0.2) is 48.5 Å². The van der Waals surface area contributed by atoms with Gasteiger partial charge in [0.2, 0.25) is 0 Å². The first-order chi connectivity index (χ1) is 12.0. The molecule has 0 saturated heterocycles. The van der Waals surface area contributed by atoms with Crippen molar-refractivity contribution in [1.29, 1.82) is 5.26 Å². The van der Waals surface area contributed by atoms with Crippen LogP contribution in [-0.2, 0) is 6.54 Å². The number of ether oxygens (including phenoxy) is 1. The highest BCUT2D eigenvalue weighted by Gasteiger charge is 2.10. The SMILES string of the molecule is CC(=O)c1cccc(OCC(O)CN(C)Cc2ccc(C#N)cc2)c1. The minimum Gasteiger partial charge on any atom is -0.491 e. The molecule has 0 fully saturated rings. The largest absolute Gasteiger partial charge is 0.491 e. The number of hydrogen-bond acceptors (Lipinski definition) is 5. The Hall–Kier alpha value is -2.68. The van der Waals surface area contributed by atoms with Crippen LogP contribution >= 0.6 is 0 Å². The van der Waals surface area contributed by atoms with E-state index in [1.54, 1.807) is 36.4 Å². The fourth-order valence-electron chi connectivity index (χ4n) is 2.47. The van der Waals surface area contributed by atoms with E-state index in [-0.39, 0.29) is 12.4 Å². The lowest BCUT2D eigenvalue weighted by Gasteiger charge is -2.21. The first-order valence-electron chi connectivity index (χ1n) is 8.07. The molecule has 130 valence electrons. The van der Waals surface area contributed by atoms with Crippen molar-refractivity contribution in [3.8, 4) is 11.8 Å². The summed E-state index contributed by atoms with van der Waals surface area (Å²) >= 11 is 0. The number of nitriles is 1. The second-order valence-electron chi connectivity index (χ2n) is 6.05. The van der Waals surface area contributed by atoms with Crippen molar-refractivity contribution in [2.24, 2.45) is 0 Å². The van der Waals surface area contributed by atoms with Gasteiger partial charge in [0.1, 0.15) is 18.5 Å². The summed E-state index contributed by atoms with van der Waals surface area (Å²) in [6.45, 7) is 2.78. The Morgan fingerprint density at radius 3 is 2.64 bits per heavy atom. The Labute approximate surface area is 148 Å². The van der Waals surface area contributed by atoms with Crippen LogP contribution < -0.4 is 4.74 Å². The Morgan fingerprint density at radius 2 is 2.00 bits per heavy atom. The van der Waals surface area contributed by atoms with E-state index in [0.717, 1.165) is 5.56 Å². The van der Waals surface area contributed by atoms with Gasteiger partial charge in [0, 0.05) is 18.7 Å². The number of ketones is 1. The zero-order chi connectivity index (χ0) is 18.2. The van der Waals surface area contributed by atoms with Crippen molar-refractivity contribution < 1.29 is 14.6 Å². The third kappa shape index (κ3) is 6.03. The van der Waals surface area contributed by atoms with Gasteiger partial charge in [-0.3, -0.25) is 9.69 Å². The van der Waals surface area contributed by atoms with Crippen LogP contribution in [-0.4, -0.2) is 42.1 Å². The van der Waals surface area contributed by atoms with Crippen LogP contribution in [0.5, 0.6) is 5.75 Å². The maximum absolute atomic E-state index is 11.4. The highest BCUT2D eigenvalue weighted by molar-refractivity contribution is 5.94. The van der Waals surface area contributed by atoms with Crippen molar-refractivity contribution >= 4 is 5.78 Å². The molecule has 5 heteroatoms. The van der Waals surface area contributed by atoms with Crippen LogP contribution in [0.3, 0.4) is 0 Å². The summed E-state index contributed by atoms with van der Waals surface area (Å²) in [6, 6.07) is 16.4. The molecule has 1 unspecified atom stereocenters. The maximum atomic E-state index is 11.4. The molecular weight excluding hydrogens is 316 g/mol. The monoisotopic (exact) mass is 338 g/mol. The molecule has 1 atom stereocenters. The lowest BCUT2D eigenvalue weighted by Crippen LogP contribution is -2.32. The number of aliphatic hydroxyl groups is 1. The van der Waals surface area contributed by atoms with E-state index in [1.165, 1.54) is 6.92 Å². The second-order valence-corrected chi connectivity index (χ2v) is 6.05. The number of Topliss-reactive ketones (excluding diaryl/α,β-unsaturated/α-hetero) is 1. The summed E-state index contributed by atoms with van der Waals surface area (Å²) in [5.74, 6) is 0.551. The molecule has 2 aromatic rings. The Balaban J connectivity index is 1.80. The fraction of sp³-hybridized carbons (Fsp3) is 0.300. The Bertz CT molecular complexity index is 750. The molecule has 0 aliphatic heterocycles. The standard InChI is InChI=1S/C20H22N2O3/c1-15(23)18-4-3-5-20(10-18)25-14-19(24)13-22(2)12-17-8-6-16(11-21)7-9-17/h3-10,19,24H,12-14H2,1-2H3. The summed E-state index contributed by atoms with van der Waals surface area (Å²) in [4.78, 5) is 13.4. The van der Waals surface area contributed by atoms with Crippen molar-refractivity contribution in [3.63, 3.8) is 0 Å². The summed E-state index contributed by atoms with van der Waals surface area (Å²) in [5, 5.41) is 18.9. The molecule has 0 aromatic heterocycles. The molecule has 0 spiro atoms. The number of carbonyl (C=O) groups is 1. The third-order valence-corrected chi connectivity index (χ3v) is 3.74. The predicted molar refractivity (Wildman–Crippen MR) is 95.4 cm³/mol. The molecule has 0 saturated carbocycles. The minimum absolute atomic E-state index is 0.0202. The van der Waals surface area contributed by atoms with Gasteiger partial charge in [-0.1, -0.05) is 24.3 Å². The minimum atomic E-state index is -0.649. The number of carbonyl (C=O) groups excluding carboxylic acids is 1. The summed E-state index contributed by atoms with van der Waals surface area (Å²) < 4.78 is 5.58. The molecule has 0 bridgehead atoms. The molecule has 2 aromatic carbocycles. The highest BCUT2D eigenvalue weighted by atomic mass is 16.5. The zero-order valence-corrected chi connectivity index (χ0v) is 14.5. The first kappa shape index (κ1) is 18.7. The van der Waals surface area contributed by atoms with Gasteiger partial charge >= 0.3 is 0 Å². The van der Waals surface area contributed by atoms with Crippen LogP contribution in [0.25, 0.3) is 0 Å². The highest BCUT2D eigenvalue weighted by Crippen LogP contribution is 2.14. The van der Waals surface area contributed by atoms with Gasteiger partial charge in [-0.25, -0.2) is 0 Å². The normalized spacial score (nSPS) is 11.8. The molecule has 2 rings (SSSR count). The van der Waals surface area contributed by atoms with Gasteiger partial charge in [0.05, 0.1) is 11.6 Å². The Morgan fingerprint density at radius 1 is 1.28 bits per heavy atom. The van der Waals surface area contributed by atoms with Crippen LogP contribution in [0.4, 0.5) is 0 Å². The van der Waals surface area contributed by atoms with E-state index >= 15 is 0 Å². The number of nitrogens with zero attached hydrogens (tertiary/aromatic N) is 2. The van der Waals surface area contributed by atoms with E-state index in [1.807, 2.05) is 24.1 Å². The average Bonchev–Trinajstić information content (AvgIpc) is 2.60. The van der Waals surface area contributed by atoms with Crippen LogP contribution in [0, 0.1) is 11.3 Å². The lowest BCUT2D eigenvalue weighted by molar-refractivity contribution is 0.0743. The van der Waals surface area contributed by atoms with Gasteiger partial charge in [-0.15, -0.1) is 0 Å². The molecule has 0 radical (unpaired) electrons. The smallest absolute Gasteiger partial charge is 0.159 e. The van der Waals surface area contributed by atoms with Crippen molar-refractivity contribution in [3.05, 3.63) is 65.2 Å². The molecule has 0 amide bonds. The number of rotatable bonds is 8. The molecule has 0 aliphatic carbocycles. The number of aliphatic hydroxyl groups excluding tert-OH is 1. The van der Waals surface area contributed by atoms with Gasteiger partial charge in [-0.2, -0.15) is 5.26 Å². The molecule has 0 heterocycles. The number of likely N-dealkylation sites (N-methyl/N-ethyl adjacent to an activating group) is 1.